The maximum absolute atomic E-state index is 5.67. The van der Waals surface area contributed by atoms with Crippen LogP contribution in [0.4, 0.5) is 0 Å². The summed E-state index contributed by atoms with van der Waals surface area (Å²) in [6.07, 6.45) is 8.28. The first-order valence-electron chi connectivity index (χ1n) is 7.85. The van der Waals surface area contributed by atoms with Gasteiger partial charge in [-0.1, -0.05) is 43.0 Å². The third-order valence-electron chi connectivity index (χ3n) is 3.43. The van der Waals surface area contributed by atoms with Gasteiger partial charge in [-0.15, -0.1) is 0 Å². The standard InChI is InChI=1S/C18H25N3O/c1-3-13-22-17-12-8-5-9-15(17)14-20-18(19-4-2)21-16-10-6-7-11-16/h3,5-9,12,16H,1,4,10-11,13-14H2,2H3,(H2,19,20,21). The number of benzene rings is 1. The summed E-state index contributed by atoms with van der Waals surface area (Å²) in [5.41, 5.74) is 1.08. The monoisotopic (exact) mass is 299 g/mol. The molecule has 1 aliphatic carbocycles. The van der Waals surface area contributed by atoms with Gasteiger partial charge in [-0.2, -0.15) is 0 Å². The van der Waals surface area contributed by atoms with Crippen LogP contribution in [0.3, 0.4) is 0 Å². The molecular formula is C18H25N3O. The largest absolute Gasteiger partial charge is 0.489 e. The predicted molar refractivity (Wildman–Crippen MR) is 92.2 cm³/mol. The molecule has 2 N–H and O–H groups in total. The summed E-state index contributed by atoms with van der Waals surface area (Å²) in [5, 5.41) is 6.77. The highest BCUT2D eigenvalue weighted by Crippen LogP contribution is 2.19. The molecule has 0 saturated carbocycles. The molecule has 0 radical (unpaired) electrons. The zero-order chi connectivity index (χ0) is 15.6. The molecule has 4 nitrogen and oxygen atoms in total. The predicted octanol–water partition coefficient (Wildman–Crippen LogP) is 3.03. The summed E-state index contributed by atoms with van der Waals surface area (Å²) >= 11 is 0. The number of hydrogen-bond donors (Lipinski definition) is 2. The molecule has 0 aliphatic heterocycles. The van der Waals surface area contributed by atoms with Gasteiger partial charge >= 0.3 is 0 Å². The normalized spacial score (nSPS) is 14.9. The lowest BCUT2D eigenvalue weighted by atomic mass is 10.2. The molecule has 4 heteroatoms. The van der Waals surface area contributed by atoms with E-state index in [9.17, 15) is 0 Å². The highest BCUT2D eigenvalue weighted by molar-refractivity contribution is 5.80. The van der Waals surface area contributed by atoms with Gasteiger partial charge in [0.25, 0.3) is 0 Å². The first kappa shape index (κ1) is 16.1. The van der Waals surface area contributed by atoms with E-state index in [2.05, 4.69) is 41.3 Å². The van der Waals surface area contributed by atoms with E-state index in [0.717, 1.165) is 36.7 Å². The van der Waals surface area contributed by atoms with Crippen molar-refractivity contribution >= 4 is 5.96 Å². The molecule has 1 aromatic rings. The van der Waals surface area contributed by atoms with Crippen molar-refractivity contribution in [3.05, 3.63) is 54.6 Å². The van der Waals surface area contributed by atoms with Crippen LogP contribution in [0, 0.1) is 0 Å². The summed E-state index contributed by atoms with van der Waals surface area (Å²) in [6, 6.07) is 8.44. The van der Waals surface area contributed by atoms with E-state index >= 15 is 0 Å². The number of guanidine groups is 1. The molecule has 0 heterocycles. The minimum absolute atomic E-state index is 0.449. The lowest BCUT2D eigenvalue weighted by Crippen LogP contribution is -2.42. The number of para-hydroxylation sites is 1. The van der Waals surface area contributed by atoms with Crippen LogP contribution in [-0.4, -0.2) is 25.2 Å². The molecule has 0 fully saturated rings. The molecule has 22 heavy (non-hydrogen) atoms. The summed E-state index contributed by atoms with van der Waals surface area (Å²) in [5.74, 6) is 1.72. The Kier molecular flexibility index (Phi) is 6.55. The van der Waals surface area contributed by atoms with Crippen LogP contribution in [0.25, 0.3) is 0 Å². The summed E-state index contributed by atoms with van der Waals surface area (Å²) in [7, 11) is 0. The summed E-state index contributed by atoms with van der Waals surface area (Å²) in [4.78, 5) is 4.68. The Morgan fingerprint density at radius 1 is 1.36 bits per heavy atom. The van der Waals surface area contributed by atoms with E-state index in [1.807, 2.05) is 24.3 Å². The quantitative estimate of drug-likeness (QED) is 0.462. The Bertz CT molecular complexity index is 529. The molecular weight excluding hydrogens is 274 g/mol. The first-order chi connectivity index (χ1) is 10.8. The van der Waals surface area contributed by atoms with Crippen molar-refractivity contribution in [1.29, 1.82) is 0 Å². The second kappa shape index (κ2) is 8.93. The van der Waals surface area contributed by atoms with E-state index in [4.69, 9.17) is 4.74 Å². The molecule has 1 aliphatic rings. The number of aliphatic imine (C=N–C) groups is 1. The van der Waals surface area contributed by atoms with E-state index < -0.39 is 0 Å². The minimum atomic E-state index is 0.449. The van der Waals surface area contributed by atoms with Crippen LogP contribution >= 0.6 is 0 Å². The molecule has 0 atom stereocenters. The van der Waals surface area contributed by atoms with Crippen LogP contribution < -0.4 is 15.4 Å². The Balaban J connectivity index is 2.01. The molecule has 2 rings (SSSR count). The van der Waals surface area contributed by atoms with E-state index in [1.165, 1.54) is 0 Å². The smallest absolute Gasteiger partial charge is 0.191 e. The Hall–Kier alpha value is -2.23. The molecule has 118 valence electrons. The van der Waals surface area contributed by atoms with Gasteiger partial charge in [0.15, 0.2) is 5.96 Å². The second-order valence-corrected chi connectivity index (χ2v) is 5.19. The number of ether oxygens (including phenoxy) is 1. The van der Waals surface area contributed by atoms with Crippen molar-refractivity contribution in [2.75, 3.05) is 13.2 Å². The van der Waals surface area contributed by atoms with Gasteiger partial charge in [0.1, 0.15) is 12.4 Å². The second-order valence-electron chi connectivity index (χ2n) is 5.19. The zero-order valence-corrected chi connectivity index (χ0v) is 13.2. The van der Waals surface area contributed by atoms with Gasteiger partial charge in [0.05, 0.1) is 6.54 Å². The molecule has 0 bridgehead atoms. The first-order valence-corrected chi connectivity index (χ1v) is 7.85. The van der Waals surface area contributed by atoms with Crippen LogP contribution in [0.2, 0.25) is 0 Å². The van der Waals surface area contributed by atoms with Gasteiger partial charge in [-0.25, -0.2) is 4.99 Å². The Morgan fingerprint density at radius 2 is 2.14 bits per heavy atom. The maximum Gasteiger partial charge on any atom is 0.191 e. The summed E-state index contributed by atoms with van der Waals surface area (Å²) in [6.45, 7) is 7.70. The SMILES string of the molecule is C=CCOc1ccccc1CN=C(NCC)NC1CC=CC1. The molecule has 0 spiro atoms. The number of nitrogens with one attached hydrogen (secondary N) is 2. The fourth-order valence-corrected chi connectivity index (χ4v) is 2.34. The fourth-order valence-electron chi connectivity index (χ4n) is 2.34. The minimum Gasteiger partial charge on any atom is -0.489 e. The van der Waals surface area contributed by atoms with Crippen molar-refractivity contribution in [2.24, 2.45) is 4.99 Å². The van der Waals surface area contributed by atoms with Crippen LogP contribution in [-0.2, 0) is 6.54 Å². The van der Waals surface area contributed by atoms with Crippen molar-refractivity contribution in [1.82, 2.24) is 10.6 Å². The van der Waals surface area contributed by atoms with E-state index in [-0.39, 0.29) is 0 Å². The maximum atomic E-state index is 5.67. The van der Waals surface area contributed by atoms with Gasteiger partial charge in [-0.05, 0) is 25.8 Å². The van der Waals surface area contributed by atoms with E-state index in [1.54, 1.807) is 6.08 Å². The number of hydrogen-bond acceptors (Lipinski definition) is 2. The summed E-state index contributed by atoms with van der Waals surface area (Å²) < 4.78 is 5.67. The van der Waals surface area contributed by atoms with E-state index in [0.29, 0.717) is 19.2 Å². The molecule has 1 aromatic carbocycles. The van der Waals surface area contributed by atoms with Gasteiger partial charge in [0.2, 0.25) is 0 Å². The molecule has 0 saturated heterocycles. The number of nitrogens with zero attached hydrogens (tertiary/aromatic N) is 1. The Morgan fingerprint density at radius 3 is 2.86 bits per heavy atom. The van der Waals surface area contributed by atoms with Crippen molar-refractivity contribution in [2.45, 2.75) is 32.4 Å². The van der Waals surface area contributed by atoms with Gasteiger partial charge in [-0.3, -0.25) is 0 Å². The number of rotatable bonds is 7. The van der Waals surface area contributed by atoms with Gasteiger partial charge < -0.3 is 15.4 Å². The Labute approximate surface area is 133 Å². The lowest BCUT2D eigenvalue weighted by molar-refractivity contribution is 0.359. The van der Waals surface area contributed by atoms with Crippen molar-refractivity contribution < 1.29 is 4.74 Å². The zero-order valence-electron chi connectivity index (χ0n) is 13.2. The molecule has 0 aromatic heterocycles. The van der Waals surface area contributed by atoms with Crippen LogP contribution in [0.5, 0.6) is 5.75 Å². The van der Waals surface area contributed by atoms with Crippen LogP contribution in [0.1, 0.15) is 25.3 Å². The van der Waals surface area contributed by atoms with Crippen molar-refractivity contribution in [3.8, 4) is 5.75 Å². The molecule has 0 amide bonds. The van der Waals surface area contributed by atoms with Gasteiger partial charge in [0, 0.05) is 18.2 Å². The average Bonchev–Trinajstić information content (AvgIpc) is 3.04. The molecule has 0 unspecified atom stereocenters. The lowest BCUT2D eigenvalue weighted by Gasteiger charge is -2.17. The third-order valence-corrected chi connectivity index (χ3v) is 3.43. The average molecular weight is 299 g/mol. The fraction of sp³-hybridized carbons (Fsp3) is 0.389. The van der Waals surface area contributed by atoms with Crippen LogP contribution in [0.15, 0.2) is 54.1 Å². The third kappa shape index (κ3) is 4.95. The topological polar surface area (TPSA) is 45.6 Å². The highest BCUT2D eigenvalue weighted by atomic mass is 16.5. The van der Waals surface area contributed by atoms with Crippen molar-refractivity contribution in [3.63, 3.8) is 0 Å². The highest BCUT2D eigenvalue weighted by Gasteiger charge is 2.11.